The second-order valence-corrected chi connectivity index (χ2v) is 7.76. The molecule has 26 heavy (non-hydrogen) atoms. The number of nitrogens with zero attached hydrogens (tertiary/aromatic N) is 2. The van der Waals surface area contributed by atoms with Gasteiger partial charge in [0.25, 0.3) is 0 Å². The molecule has 0 bridgehead atoms. The first-order valence-corrected chi connectivity index (χ1v) is 10.0. The summed E-state index contributed by atoms with van der Waals surface area (Å²) in [4.78, 5) is 28.3. The van der Waals surface area contributed by atoms with E-state index in [2.05, 4.69) is 16.3 Å². The first-order valence-electron chi connectivity index (χ1n) is 9.67. The van der Waals surface area contributed by atoms with Gasteiger partial charge in [-0.2, -0.15) is 0 Å². The molecule has 1 aromatic rings. The number of rotatable bonds is 6. The first kappa shape index (κ1) is 19.0. The number of benzene rings is 1. The Hall–Kier alpha value is -1.75. The zero-order valence-electron chi connectivity index (χ0n) is 15.3. The monoisotopic (exact) mass is 377 g/mol. The maximum atomic E-state index is 12.2. The highest BCUT2D eigenvalue weighted by Crippen LogP contribution is 2.25. The molecule has 2 saturated heterocycles. The Morgan fingerprint density at radius 2 is 2.12 bits per heavy atom. The van der Waals surface area contributed by atoms with Gasteiger partial charge in [0, 0.05) is 56.3 Å². The van der Waals surface area contributed by atoms with E-state index in [4.69, 9.17) is 11.6 Å². The van der Waals surface area contributed by atoms with Gasteiger partial charge in [0.15, 0.2) is 0 Å². The minimum Gasteiger partial charge on any atom is -0.371 e. The lowest BCUT2D eigenvalue weighted by Crippen LogP contribution is -2.36. The smallest absolute Gasteiger partial charge is 0.222 e. The molecule has 1 N–H and O–H groups in total. The molecule has 0 saturated carbocycles. The van der Waals surface area contributed by atoms with Crippen molar-refractivity contribution in [2.45, 2.75) is 38.5 Å². The molecule has 2 fully saturated rings. The molecule has 0 aliphatic carbocycles. The number of carbonyl (C=O) groups is 2. The number of amides is 2. The zero-order valence-corrected chi connectivity index (χ0v) is 16.0. The molecule has 0 radical (unpaired) electrons. The van der Waals surface area contributed by atoms with Crippen LogP contribution in [0.3, 0.4) is 0 Å². The molecule has 2 amide bonds. The van der Waals surface area contributed by atoms with E-state index in [0.29, 0.717) is 31.8 Å². The summed E-state index contributed by atoms with van der Waals surface area (Å²) in [5.41, 5.74) is 1.14. The lowest BCUT2D eigenvalue weighted by molar-refractivity contribution is -0.131. The number of halogens is 1. The van der Waals surface area contributed by atoms with Crippen LogP contribution in [0.1, 0.15) is 38.5 Å². The summed E-state index contributed by atoms with van der Waals surface area (Å²) in [7, 11) is 0. The summed E-state index contributed by atoms with van der Waals surface area (Å²) in [6.07, 6.45) is 5.23. The van der Waals surface area contributed by atoms with E-state index in [1.54, 1.807) is 0 Å². The van der Waals surface area contributed by atoms with Gasteiger partial charge in [0.1, 0.15) is 0 Å². The highest BCUT2D eigenvalue weighted by atomic mass is 35.5. The molecular formula is C20H28ClN3O2. The average Bonchev–Trinajstić information content (AvgIpc) is 3.01. The molecule has 2 aliphatic rings. The van der Waals surface area contributed by atoms with Crippen LogP contribution < -0.4 is 10.2 Å². The molecular weight excluding hydrogens is 350 g/mol. The van der Waals surface area contributed by atoms with Crippen molar-refractivity contribution < 1.29 is 9.59 Å². The van der Waals surface area contributed by atoms with Crippen LogP contribution in [0.4, 0.5) is 5.69 Å². The van der Waals surface area contributed by atoms with Gasteiger partial charge in [-0.15, -0.1) is 0 Å². The summed E-state index contributed by atoms with van der Waals surface area (Å²) in [5, 5.41) is 3.80. The maximum absolute atomic E-state index is 12.2. The Balaban J connectivity index is 1.37. The maximum Gasteiger partial charge on any atom is 0.222 e. The Morgan fingerprint density at radius 1 is 1.23 bits per heavy atom. The van der Waals surface area contributed by atoms with Gasteiger partial charge in [-0.05, 0) is 43.4 Å². The van der Waals surface area contributed by atoms with E-state index in [-0.39, 0.29) is 11.8 Å². The summed E-state index contributed by atoms with van der Waals surface area (Å²) in [6.45, 7) is 3.96. The minimum absolute atomic E-state index is 0.0447. The molecule has 0 aromatic heterocycles. The largest absolute Gasteiger partial charge is 0.371 e. The van der Waals surface area contributed by atoms with Gasteiger partial charge in [-0.3, -0.25) is 9.59 Å². The highest BCUT2D eigenvalue weighted by molar-refractivity contribution is 6.30. The predicted octanol–water partition coefficient (Wildman–Crippen LogP) is 3.08. The van der Waals surface area contributed by atoms with Crippen LogP contribution in [-0.4, -0.2) is 49.4 Å². The first-order chi connectivity index (χ1) is 12.6. The molecule has 3 rings (SSSR count). The van der Waals surface area contributed by atoms with Crippen molar-refractivity contribution in [1.82, 2.24) is 10.2 Å². The number of likely N-dealkylation sites (tertiary alicyclic amines) is 1. The summed E-state index contributed by atoms with van der Waals surface area (Å²) < 4.78 is 0. The predicted molar refractivity (Wildman–Crippen MR) is 104 cm³/mol. The average molecular weight is 378 g/mol. The van der Waals surface area contributed by atoms with Crippen molar-refractivity contribution >= 4 is 29.1 Å². The van der Waals surface area contributed by atoms with Crippen LogP contribution in [0.25, 0.3) is 0 Å². The van der Waals surface area contributed by atoms with Gasteiger partial charge in [-0.25, -0.2) is 0 Å². The van der Waals surface area contributed by atoms with Crippen LogP contribution in [-0.2, 0) is 9.59 Å². The van der Waals surface area contributed by atoms with Gasteiger partial charge in [0.05, 0.1) is 0 Å². The normalized spacial score (nSPS) is 21.0. The zero-order chi connectivity index (χ0) is 18.4. The molecule has 1 atom stereocenters. The van der Waals surface area contributed by atoms with Crippen molar-refractivity contribution in [3.63, 3.8) is 0 Å². The molecule has 6 heteroatoms. The van der Waals surface area contributed by atoms with E-state index < -0.39 is 0 Å². The number of hydrogen-bond donors (Lipinski definition) is 1. The van der Waals surface area contributed by atoms with E-state index in [9.17, 15) is 9.59 Å². The van der Waals surface area contributed by atoms with Crippen molar-refractivity contribution in [2.75, 3.05) is 37.6 Å². The van der Waals surface area contributed by atoms with Crippen molar-refractivity contribution in [2.24, 2.45) is 5.92 Å². The fourth-order valence-electron chi connectivity index (χ4n) is 3.76. The number of carbonyl (C=O) groups excluding carboxylic acids is 2. The molecule has 1 unspecified atom stereocenters. The highest BCUT2D eigenvalue weighted by Gasteiger charge is 2.23. The summed E-state index contributed by atoms with van der Waals surface area (Å²) in [5.74, 6) is 0.698. The van der Waals surface area contributed by atoms with Gasteiger partial charge < -0.3 is 15.1 Å². The fourth-order valence-corrected chi connectivity index (χ4v) is 3.95. The second-order valence-electron chi connectivity index (χ2n) is 7.33. The molecule has 2 heterocycles. The Labute approximate surface area is 160 Å². The van der Waals surface area contributed by atoms with Crippen LogP contribution >= 0.6 is 11.6 Å². The van der Waals surface area contributed by atoms with Crippen molar-refractivity contribution in [3.05, 3.63) is 29.3 Å². The van der Waals surface area contributed by atoms with Crippen molar-refractivity contribution in [1.29, 1.82) is 0 Å². The van der Waals surface area contributed by atoms with E-state index >= 15 is 0 Å². The summed E-state index contributed by atoms with van der Waals surface area (Å²) in [6, 6.07) is 7.91. The molecule has 1 aromatic carbocycles. The third kappa shape index (κ3) is 5.37. The molecule has 2 aliphatic heterocycles. The SMILES string of the molecule is O=C(CCN1CCCCCC1=O)NCC1CCN(c2cccc(Cl)c2)C1. The van der Waals surface area contributed by atoms with E-state index in [0.717, 1.165) is 56.0 Å². The lowest BCUT2D eigenvalue weighted by Gasteiger charge is -2.21. The van der Waals surface area contributed by atoms with Gasteiger partial charge >= 0.3 is 0 Å². The number of hydrogen-bond acceptors (Lipinski definition) is 3. The number of anilines is 1. The van der Waals surface area contributed by atoms with Crippen LogP contribution in [0.5, 0.6) is 0 Å². The molecule has 0 spiro atoms. The Kier molecular flexibility index (Phi) is 6.78. The lowest BCUT2D eigenvalue weighted by atomic mass is 10.1. The van der Waals surface area contributed by atoms with E-state index in [1.165, 1.54) is 0 Å². The van der Waals surface area contributed by atoms with Gasteiger partial charge in [0.2, 0.25) is 11.8 Å². The Bertz CT molecular complexity index is 637. The van der Waals surface area contributed by atoms with E-state index in [1.807, 2.05) is 23.1 Å². The minimum atomic E-state index is 0.0447. The quantitative estimate of drug-likeness (QED) is 0.828. The Morgan fingerprint density at radius 3 is 2.96 bits per heavy atom. The number of nitrogens with one attached hydrogen (secondary N) is 1. The third-order valence-electron chi connectivity index (χ3n) is 5.33. The van der Waals surface area contributed by atoms with Gasteiger partial charge in [-0.1, -0.05) is 24.1 Å². The molecule has 5 nitrogen and oxygen atoms in total. The summed E-state index contributed by atoms with van der Waals surface area (Å²) >= 11 is 6.07. The topological polar surface area (TPSA) is 52.7 Å². The van der Waals surface area contributed by atoms with Crippen LogP contribution in [0.15, 0.2) is 24.3 Å². The third-order valence-corrected chi connectivity index (χ3v) is 5.56. The fraction of sp³-hybridized carbons (Fsp3) is 0.600. The standard InChI is InChI=1S/C20H28ClN3O2/c21-17-5-4-6-18(13-17)24-11-8-16(15-24)14-22-19(25)9-12-23-10-3-1-2-7-20(23)26/h4-6,13,16H,1-3,7-12,14-15H2,(H,22,25). The second kappa shape index (κ2) is 9.26. The molecule has 142 valence electrons. The van der Waals surface area contributed by atoms with Crippen LogP contribution in [0.2, 0.25) is 5.02 Å². The van der Waals surface area contributed by atoms with Crippen molar-refractivity contribution in [3.8, 4) is 0 Å². The van der Waals surface area contributed by atoms with Crippen LogP contribution in [0, 0.1) is 5.92 Å².